The van der Waals surface area contributed by atoms with Crippen LogP contribution in [-0.4, -0.2) is 18.9 Å². The van der Waals surface area contributed by atoms with Gasteiger partial charge in [-0.2, -0.15) is 0 Å². The summed E-state index contributed by atoms with van der Waals surface area (Å²) >= 11 is 3.58. The summed E-state index contributed by atoms with van der Waals surface area (Å²) < 4.78 is 6.11. The standard InChI is InChI=1S/C23H17BrN2O2/c1-28-18-13-11-17(12-14-18)26-22(19-9-5-6-10-20(19)24)25-21(23(26)27)15-16-7-3-2-4-8-16/h2-15H,1H3/b21-15+. The highest BCUT2D eigenvalue weighted by atomic mass is 79.9. The van der Waals surface area contributed by atoms with E-state index in [-0.39, 0.29) is 5.91 Å². The smallest absolute Gasteiger partial charge is 0.282 e. The predicted molar refractivity (Wildman–Crippen MR) is 116 cm³/mol. The Morgan fingerprint density at radius 3 is 2.29 bits per heavy atom. The van der Waals surface area contributed by atoms with Gasteiger partial charge in [0.1, 0.15) is 17.3 Å². The van der Waals surface area contributed by atoms with E-state index < -0.39 is 0 Å². The first-order valence-electron chi connectivity index (χ1n) is 8.76. The zero-order valence-electron chi connectivity index (χ0n) is 15.2. The highest BCUT2D eigenvalue weighted by Crippen LogP contribution is 2.31. The second-order valence-electron chi connectivity index (χ2n) is 6.19. The minimum Gasteiger partial charge on any atom is -0.497 e. The van der Waals surface area contributed by atoms with Crippen LogP contribution >= 0.6 is 15.9 Å². The first-order chi connectivity index (χ1) is 13.7. The molecule has 28 heavy (non-hydrogen) atoms. The topological polar surface area (TPSA) is 41.9 Å². The summed E-state index contributed by atoms with van der Waals surface area (Å²) in [5.74, 6) is 1.15. The van der Waals surface area contributed by atoms with E-state index in [0.717, 1.165) is 27.0 Å². The number of amidine groups is 1. The monoisotopic (exact) mass is 432 g/mol. The summed E-state index contributed by atoms with van der Waals surface area (Å²) in [5.41, 5.74) is 2.91. The fraction of sp³-hybridized carbons (Fsp3) is 0.0435. The Hall–Kier alpha value is -3.18. The van der Waals surface area contributed by atoms with E-state index in [4.69, 9.17) is 4.74 Å². The number of ether oxygens (including phenoxy) is 1. The Morgan fingerprint density at radius 1 is 0.929 bits per heavy atom. The van der Waals surface area contributed by atoms with Crippen molar-refractivity contribution in [2.45, 2.75) is 0 Å². The summed E-state index contributed by atoms with van der Waals surface area (Å²) in [5, 5.41) is 0. The van der Waals surface area contributed by atoms with Crippen LogP contribution in [0.4, 0.5) is 5.69 Å². The van der Waals surface area contributed by atoms with Crippen molar-refractivity contribution >= 4 is 39.4 Å². The number of benzene rings is 3. The molecule has 0 spiro atoms. The molecule has 0 aromatic heterocycles. The maximum absolute atomic E-state index is 13.3. The minimum atomic E-state index is -0.167. The zero-order chi connectivity index (χ0) is 19.5. The van der Waals surface area contributed by atoms with Gasteiger partial charge in [0.05, 0.1) is 12.8 Å². The summed E-state index contributed by atoms with van der Waals surface area (Å²) in [6, 6.07) is 24.8. The number of hydrogen-bond acceptors (Lipinski definition) is 3. The number of hydrogen-bond donors (Lipinski definition) is 0. The lowest BCUT2D eigenvalue weighted by Gasteiger charge is -2.19. The molecular formula is C23H17BrN2O2. The molecule has 4 rings (SSSR count). The molecule has 138 valence electrons. The SMILES string of the molecule is COc1ccc(N2C(=O)/C(=C\c3ccccc3)N=C2c2ccccc2Br)cc1. The lowest BCUT2D eigenvalue weighted by molar-refractivity contribution is -0.113. The van der Waals surface area contributed by atoms with Gasteiger partial charge in [0, 0.05) is 10.0 Å². The molecule has 1 aliphatic rings. The first kappa shape index (κ1) is 18.2. The molecule has 0 aliphatic carbocycles. The van der Waals surface area contributed by atoms with Gasteiger partial charge in [-0.3, -0.25) is 9.69 Å². The first-order valence-corrected chi connectivity index (χ1v) is 9.55. The van der Waals surface area contributed by atoms with E-state index in [2.05, 4.69) is 20.9 Å². The molecule has 5 heteroatoms. The highest BCUT2D eigenvalue weighted by Gasteiger charge is 2.33. The van der Waals surface area contributed by atoms with Crippen molar-refractivity contribution in [1.82, 2.24) is 0 Å². The van der Waals surface area contributed by atoms with E-state index in [9.17, 15) is 4.79 Å². The molecule has 0 N–H and O–H groups in total. The van der Waals surface area contributed by atoms with Gasteiger partial charge >= 0.3 is 0 Å². The number of aliphatic imine (C=N–C) groups is 1. The maximum Gasteiger partial charge on any atom is 0.282 e. The predicted octanol–water partition coefficient (Wildman–Crippen LogP) is 5.29. The van der Waals surface area contributed by atoms with E-state index in [1.54, 1.807) is 12.0 Å². The molecule has 0 fully saturated rings. The van der Waals surface area contributed by atoms with Crippen LogP contribution in [0, 0.1) is 0 Å². The Kier molecular flexibility index (Phi) is 5.08. The van der Waals surface area contributed by atoms with Crippen molar-refractivity contribution < 1.29 is 9.53 Å². The zero-order valence-corrected chi connectivity index (χ0v) is 16.8. The van der Waals surface area contributed by atoms with Gasteiger partial charge in [-0.1, -0.05) is 64.5 Å². The van der Waals surface area contributed by atoms with E-state index in [0.29, 0.717) is 11.5 Å². The molecule has 1 aliphatic heterocycles. The molecule has 0 saturated carbocycles. The van der Waals surface area contributed by atoms with Crippen molar-refractivity contribution in [1.29, 1.82) is 0 Å². The molecule has 0 saturated heterocycles. The second kappa shape index (κ2) is 7.82. The highest BCUT2D eigenvalue weighted by molar-refractivity contribution is 9.10. The summed E-state index contributed by atoms with van der Waals surface area (Å²) in [4.78, 5) is 19.6. The Balaban J connectivity index is 1.83. The average molecular weight is 433 g/mol. The van der Waals surface area contributed by atoms with Crippen LogP contribution in [0.2, 0.25) is 0 Å². The normalized spacial score (nSPS) is 15.1. The maximum atomic E-state index is 13.3. The number of carbonyl (C=O) groups excluding carboxylic acids is 1. The van der Waals surface area contributed by atoms with Gasteiger partial charge in [0.2, 0.25) is 0 Å². The third-order valence-electron chi connectivity index (χ3n) is 4.41. The van der Waals surface area contributed by atoms with Crippen LogP contribution in [0.15, 0.2) is 94.0 Å². The Bertz CT molecular complexity index is 1070. The molecule has 3 aromatic carbocycles. The van der Waals surface area contributed by atoms with Gasteiger partial charge in [-0.25, -0.2) is 4.99 Å². The number of halogens is 1. The van der Waals surface area contributed by atoms with Crippen molar-refractivity contribution in [3.05, 3.63) is 100 Å². The fourth-order valence-electron chi connectivity index (χ4n) is 3.02. The van der Waals surface area contributed by atoms with Gasteiger partial charge in [0.25, 0.3) is 5.91 Å². The van der Waals surface area contributed by atoms with Crippen LogP contribution < -0.4 is 9.64 Å². The molecule has 0 bridgehead atoms. The third kappa shape index (κ3) is 3.49. The van der Waals surface area contributed by atoms with Crippen molar-refractivity contribution in [2.24, 2.45) is 4.99 Å². The van der Waals surface area contributed by atoms with Gasteiger partial charge in [-0.05, 0) is 42.0 Å². The van der Waals surface area contributed by atoms with Gasteiger partial charge in [0.15, 0.2) is 0 Å². The van der Waals surface area contributed by atoms with E-state index in [1.165, 1.54) is 0 Å². The van der Waals surface area contributed by atoms with Crippen LogP contribution in [0.1, 0.15) is 11.1 Å². The van der Waals surface area contributed by atoms with Crippen LogP contribution in [0.3, 0.4) is 0 Å². The lowest BCUT2D eigenvalue weighted by Crippen LogP contribution is -2.32. The van der Waals surface area contributed by atoms with Crippen molar-refractivity contribution in [3.8, 4) is 5.75 Å². The van der Waals surface area contributed by atoms with Gasteiger partial charge in [-0.15, -0.1) is 0 Å². The molecule has 3 aromatic rings. The van der Waals surface area contributed by atoms with E-state index in [1.807, 2.05) is 84.9 Å². The quantitative estimate of drug-likeness (QED) is 0.525. The van der Waals surface area contributed by atoms with Crippen LogP contribution in [-0.2, 0) is 4.79 Å². The van der Waals surface area contributed by atoms with Gasteiger partial charge < -0.3 is 4.74 Å². The number of anilines is 1. The van der Waals surface area contributed by atoms with Crippen molar-refractivity contribution in [3.63, 3.8) is 0 Å². The third-order valence-corrected chi connectivity index (χ3v) is 5.10. The molecule has 1 heterocycles. The average Bonchev–Trinajstić information content (AvgIpc) is 3.05. The van der Waals surface area contributed by atoms with Crippen LogP contribution in [0.5, 0.6) is 5.75 Å². The fourth-order valence-corrected chi connectivity index (χ4v) is 3.48. The molecule has 1 amide bonds. The lowest BCUT2D eigenvalue weighted by atomic mass is 10.1. The van der Waals surface area contributed by atoms with Crippen LogP contribution in [0.25, 0.3) is 6.08 Å². The van der Waals surface area contributed by atoms with E-state index >= 15 is 0 Å². The number of carbonyl (C=O) groups is 1. The minimum absolute atomic E-state index is 0.167. The summed E-state index contributed by atoms with van der Waals surface area (Å²) in [6.07, 6.45) is 1.81. The molecular weight excluding hydrogens is 416 g/mol. The number of nitrogens with zero attached hydrogens (tertiary/aromatic N) is 2. The summed E-state index contributed by atoms with van der Waals surface area (Å²) in [6.45, 7) is 0. The Morgan fingerprint density at radius 2 is 1.61 bits per heavy atom. The Labute approximate surface area is 171 Å². The molecule has 0 unspecified atom stereocenters. The van der Waals surface area contributed by atoms with Crippen molar-refractivity contribution in [2.75, 3.05) is 12.0 Å². The molecule has 4 nitrogen and oxygen atoms in total. The molecule has 0 radical (unpaired) electrons. The number of amides is 1. The largest absolute Gasteiger partial charge is 0.497 e. The molecule has 0 atom stereocenters. The number of methoxy groups -OCH3 is 1. The second-order valence-corrected chi connectivity index (χ2v) is 7.05. The summed E-state index contributed by atoms with van der Waals surface area (Å²) in [7, 11) is 1.62. The number of rotatable bonds is 4.